The monoisotopic (exact) mass is 177 g/mol. The molecule has 62 valence electrons. The molecule has 1 nitrogen and oxygen atoms in total. The average molecular weight is 177 g/mol. The van der Waals surface area contributed by atoms with Crippen molar-refractivity contribution in [3.05, 3.63) is 41.2 Å². The molecule has 0 bridgehead atoms. The van der Waals surface area contributed by atoms with Crippen LogP contribution in [0, 0.1) is 6.57 Å². The summed E-state index contributed by atoms with van der Waals surface area (Å²) in [5.74, 6) is 0. The highest BCUT2D eigenvalue weighted by molar-refractivity contribution is 7.98. The minimum atomic E-state index is 0.595. The summed E-state index contributed by atoms with van der Waals surface area (Å²) in [4.78, 5) is 4.61. The maximum Gasteiger partial charge on any atom is 0.218 e. The zero-order chi connectivity index (χ0) is 8.81. The number of rotatable bonds is 3. The Labute approximate surface area is 77.6 Å². The predicted molar refractivity (Wildman–Crippen MR) is 53.4 cm³/mol. The zero-order valence-electron chi connectivity index (χ0n) is 7.08. The molecule has 0 spiro atoms. The third-order valence-corrected chi connectivity index (χ3v) is 2.37. The summed E-state index contributed by atoms with van der Waals surface area (Å²) in [6, 6.07) is 8.36. The fourth-order valence-corrected chi connectivity index (χ4v) is 1.50. The smallest absolute Gasteiger partial charge is 0.218 e. The van der Waals surface area contributed by atoms with Crippen LogP contribution in [-0.4, -0.2) is 12.8 Å². The predicted octanol–water partition coefficient (Wildman–Crippen LogP) is 2.87. The van der Waals surface area contributed by atoms with E-state index in [0.717, 1.165) is 6.42 Å². The van der Waals surface area contributed by atoms with Crippen LogP contribution >= 0.6 is 11.8 Å². The van der Waals surface area contributed by atoms with Gasteiger partial charge in [0.05, 0.1) is 0 Å². The van der Waals surface area contributed by atoms with Crippen LogP contribution in [-0.2, 0) is 6.42 Å². The molecule has 0 aromatic heterocycles. The SMILES string of the molecule is [C-]#[N+]CCc1cccc(SC)c1. The highest BCUT2D eigenvalue weighted by Crippen LogP contribution is 2.15. The molecule has 0 saturated carbocycles. The van der Waals surface area contributed by atoms with E-state index in [1.807, 2.05) is 6.07 Å². The molecular weight excluding hydrogens is 166 g/mol. The molecule has 1 rings (SSSR count). The third-order valence-electron chi connectivity index (χ3n) is 1.65. The van der Waals surface area contributed by atoms with Gasteiger partial charge in [0.2, 0.25) is 6.54 Å². The highest BCUT2D eigenvalue weighted by Gasteiger charge is 1.95. The lowest BCUT2D eigenvalue weighted by molar-refractivity contribution is 1.07. The van der Waals surface area contributed by atoms with Gasteiger partial charge in [-0.25, -0.2) is 6.57 Å². The second kappa shape index (κ2) is 4.84. The van der Waals surface area contributed by atoms with E-state index in [-0.39, 0.29) is 0 Å². The summed E-state index contributed by atoms with van der Waals surface area (Å²) < 4.78 is 0. The van der Waals surface area contributed by atoms with E-state index in [9.17, 15) is 0 Å². The van der Waals surface area contributed by atoms with Crippen LogP contribution in [0.5, 0.6) is 0 Å². The van der Waals surface area contributed by atoms with Gasteiger partial charge in [0.25, 0.3) is 0 Å². The van der Waals surface area contributed by atoms with Crippen molar-refractivity contribution in [2.75, 3.05) is 12.8 Å². The van der Waals surface area contributed by atoms with Crippen molar-refractivity contribution in [2.45, 2.75) is 11.3 Å². The Morgan fingerprint density at radius 3 is 3.00 bits per heavy atom. The maximum atomic E-state index is 6.67. The van der Waals surface area contributed by atoms with Crippen LogP contribution in [0.15, 0.2) is 29.2 Å². The molecule has 1 aromatic carbocycles. The van der Waals surface area contributed by atoms with Crippen molar-refractivity contribution < 1.29 is 0 Å². The Balaban J connectivity index is 2.67. The maximum absolute atomic E-state index is 6.67. The molecule has 0 atom stereocenters. The van der Waals surface area contributed by atoms with Crippen LogP contribution in [0.4, 0.5) is 0 Å². The fraction of sp³-hybridized carbons (Fsp3) is 0.300. The molecule has 0 aliphatic rings. The summed E-state index contributed by atoms with van der Waals surface area (Å²) >= 11 is 1.74. The molecular formula is C10H11NS. The van der Waals surface area contributed by atoms with E-state index in [0.29, 0.717) is 6.54 Å². The van der Waals surface area contributed by atoms with Gasteiger partial charge in [0.15, 0.2) is 0 Å². The molecule has 0 N–H and O–H groups in total. The van der Waals surface area contributed by atoms with Gasteiger partial charge in [-0.1, -0.05) is 12.1 Å². The van der Waals surface area contributed by atoms with E-state index in [1.165, 1.54) is 10.5 Å². The molecule has 0 unspecified atom stereocenters. The van der Waals surface area contributed by atoms with E-state index < -0.39 is 0 Å². The summed E-state index contributed by atoms with van der Waals surface area (Å²) in [7, 11) is 0. The molecule has 2 heteroatoms. The number of thioether (sulfide) groups is 1. The Morgan fingerprint density at radius 1 is 1.50 bits per heavy atom. The van der Waals surface area contributed by atoms with Crippen LogP contribution in [0.1, 0.15) is 5.56 Å². The number of hydrogen-bond donors (Lipinski definition) is 0. The van der Waals surface area contributed by atoms with Gasteiger partial charge in [-0.3, -0.25) is 0 Å². The molecule has 0 fully saturated rings. The molecule has 1 aromatic rings. The van der Waals surface area contributed by atoms with Crippen LogP contribution in [0.3, 0.4) is 0 Å². The first-order chi connectivity index (χ1) is 5.86. The van der Waals surface area contributed by atoms with E-state index in [2.05, 4.69) is 29.3 Å². The van der Waals surface area contributed by atoms with Gasteiger partial charge in [0.1, 0.15) is 0 Å². The van der Waals surface area contributed by atoms with Gasteiger partial charge >= 0.3 is 0 Å². The number of hydrogen-bond acceptors (Lipinski definition) is 1. The van der Waals surface area contributed by atoms with Crippen LogP contribution in [0.2, 0.25) is 0 Å². The topological polar surface area (TPSA) is 4.36 Å². The van der Waals surface area contributed by atoms with Crippen LogP contribution < -0.4 is 0 Å². The van der Waals surface area contributed by atoms with E-state index in [1.54, 1.807) is 11.8 Å². The van der Waals surface area contributed by atoms with Gasteiger partial charge in [0, 0.05) is 11.3 Å². The summed E-state index contributed by atoms with van der Waals surface area (Å²) in [6.07, 6.45) is 2.94. The normalized spacial score (nSPS) is 9.33. The van der Waals surface area contributed by atoms with Gasteiger partial charge < -0.3 is 4.85 Å². The Hall–Kier alpha value is -0.940. The Bertz CT molecular complexity index is 288. The average Bonchev–Trinajstić information content (AvgIpc) is 2.15. The second-order valence-corrected chi connectivity index (χ2v) is 3.36. The van der Waals surface area contributed by atoms with Crippen molar-refractivity contribution in [3.63, 3.8) is 0 Å². The number of nitrogens with zero attached hydrogens (tertiary/aromatic N) is 1. The quantitative estimate of drug-likeness (QED) is 0.507. The number of benzene rings is 1. The molecule has 0 amide bonds. The highest BCUT2D eigenvalue weighted by atomic mass is 32.2. The molecule has 0 heterocycles. The second-order valence-electron chi connectivity index (χ2n) is 2.48. The minimum Gasteiger partial charge on any atom is -0.317 e. The molecule has 0 aliphatic heterocycles. The van der Waals surface area contributed by atoms with Crippen molar-refractivity contribution >= 4 is 11.8 Å². The standard InChI is InChI=1S/C10H11NS/c1-11-7-6-9-4-3-5-10(8-9)12-2/h3-5,8H,6-7H2,2H3. The zero-order valence-corrected chi connectivity index (χ0v) is 7.90. The lowest BCUT2D eigenvalue weighted by atomic mass is 10.1. The van der Waals surface area contributed by atoms with Gasteiger partial charge in [-0.2, -0.15) is 0 Å². The fourth-order valence-electron chi connectivity index (χ4n) is 1.01. The lowest BCUT2D eigenvalue weighted by Gasteiger charge is -1.98. The van der Waals surface area contributed by atoms with Crippen molar-refractivity contribution in [3.8, 4) is 0 Å². The third kappa shape index (κ3) is 2.60. The first-order valence-corrected chi connectivity index (χ1v) is 5.05. The largest absolute Gasteiger partial charge is 0.317 e. The van der Waals surface area contributed by atoms with E-state index >= 15 is 0 Å². The van der Waals surface area contributed by atoms with Crippen LogP contribution in [0.25, 0.3) is 4.85 Å². The Kier molecular flexibility index (Phi) is 3.69. The van der Waals surface area contributed by atoms with E-state index in [4.69, 9.17) is 6.57 Å². The summed E-state index contributed by atoms with van der Waals surface area (Å²) in [6.45, 7) is 7.27. The first-order valence-electron chi connectivity index (χ1n) is 3.83. The van der Waals surface area contributed by atoms with Gasteiger partial charge in [-0.15, -0.1) is 11.8 Å². The summed E-state index contributed by atoms with van der Waals surface area (Å²) in [5, 5.41) is 0. The first kappa shape index (κ1) is 9.15. The van der Waals surface area contributed by atoms with Crippen molar-refractivity contribution in [1.29, 1.82) is 0 Å². The molecule has 0 radical (unpaired) electrons. The lowest BCUT2D eigenvalue weighted by Crippen LogP contribution is -1.86. The van der Waals surface area contributed by atoms with Crippen molar-refractivity contribution in [2.24, 2.45) is 0 Å². The molecule has 12 heavy (non-hydrogen) atoms. The Morgan fingerprint density at radius 2 is 2.33 bits per heavy atom. The minimum absolute atomic E-state index is 0.595. The summed E-state index contributed by atoms with van der Waals surface area (Å²) in [5.41, 5.74) is 1.26. The van der Waals surface area contributed by atoms with Gasteiger partial charge in [-0.05, 0) is 24.0 Å². The molecule has 0 aliphatic carbocycles. The molecule has 0 saturated heterocycles. The van der Waals surface area contributed by atoms with Crippen molar-refractivity contribution in [1.82, 2.24) is 0 Å².